The van der Waals surface area contributed by atoms with Crippen LogP contribution in [0.4, 0.5) is 10.1 Å². The standard InChI is InChI=1S/C15H11ClFN3O/c1-20-8-11(10-3-2-6-18-14(10)20)15(21)19-9-4-5-13(17)12(16)7-9/h2-8H,1H3,(H,19,21). The van der Waals surface area contributed by atoms with Gasteiger partial charge in [0.25, 0.3) is 5.91 Å². The molecule has 21 heavy (non-hydrogen) atoms. The number of carbonyl (C=O) groups is 1. The zero-order valence-corrected chi connectivity index (χ0v) is 11.9. The van der Waals surface area contributed by atoms with Crippen LogP contribution in [-0.4, -0.2) is 15.5 Å². The van der Waals surface area contributed by atoms with Crippen molar-refractivity contribution < 1.29 is 9.18 Å². The minimum absolute atomic E-state index is 0.0348. The van der Waals surface area contributed by atoms with E-state index in [0.717, 1.165) is 11.0 Å². The van der Waals surface area contributed by atoms with Crippen LogP contribution in [-0.2, 0) is 7.05 Å². The summed E-state index contributed by atoms with van der Waals surface area (Å²) < 4.78 is 14.9. The number of nitrogens with zero attached hydrogens (tertiary/aromatic N) is 2. The molecule has 0 radical (unpaired) electrons. The monoisotopic (exact) mass is 303 g/mol. The molecule has 2 aromatic heterocycles. The van der Waals surface area contributed by atoms with Crippen LogP contribution in [0.15, 0.2) is 42.7 Å². The van der Waals surface area contributed by atoms with Gasteiger partial charge in [0.1, 0.15) is 11.5 Å². The number of rotatable bonds is 2. The number of benzene rings is 1. The first kappa shape index (κ1) is 13.6. The van der Waals surface area contributed by atoms with Gasteiger partial charge in [0.2, 0.25) is 0 Å². The summed E-state index contributed by atoms with van der Waals surface area (Å²) in [5.74, 6) is -0.819. The highest BCUT2D eigenvalue weighted by atomic mass is 35.5. The molecule has 0 aliphatic rings. The normalized spacial score (nSPS) is 10.8. The van der Waals surface area contributed by atoms with E-state index in [1.807, 2.05) is 13.1 Å². The first-order chi connectivity index (χ1) is 10.1. The smallest absolute Gasteiger partial charge is 0.257 e. The van der Waals surface area contributed by atoms with Crippen molar-refractivity contribution in [2.45, 2.75) is 0 Å². The summed E-state index contributed by atoms with van der Waals surface area (Å²) in [4.78, 5) is 16.6. The number of hydrogen-bond donors (Lipinski definition) is 1. The number of carbonyl (C=O) groups excluding carboxylic acids is 1. The Bertz CT molecular complexity index is 844. The lowest BCUT2D eigenvalue weighted by molar-refractivity contribution is 0.102. The molecular weight excluding hydrogens is 293 g/mol. The highest BCUT2D eigenvalue weighted by Crippen LogP contribution is 2.22. The molecule has 4 nitrogen and oxygen atoms in total. The predicted molar refractivity (Wildman–Crippen MR) is 80.1 cm³/mol. The van der Waals surface area contributed by atoms with Gasteiger partial charge in [0.15, 0.2) is 0 Å². The van der Waals surface area contributed by atoms with Gasteiger partial charge in [-0.2, -0.15) is 0 Å². The summed E-state index contributed by atoms with van der Waals surface area (Å²) in [7, 11) is 1.82. The zero-order chi connectivity index (χ0) is 15.0. The average molecular weight is 304 g/mol. The second kappa shape index (κ2) is 5.18. The number of aromatic nitrogens is 2. The van der Waals surface area contributed by atoms with Crippen molar-refractivity contribution in [1.29, 1.82) is 0 Å². The molecule has 1 N–H and O–H groups in total. The minimum Gasteiger partial charge on any atom is -0.335 e. The maximum absolute atomic E-state index is 13.1. The SMILES string of the molecule is Cn1cc(C(=O)Nc2ccc(F)c(Cl)c2)c2cccnc21. The van der Waals surface area contributed by atoms with Crippen molar-refractivity contribution in [1.82, 2.24) is 9.55 Å². The topological polar surface area (TPSA) is 46.9 Å². The van der Waals surface area contributed by atoms with Crippen LogP contribution in [0, 0.1) is 5.82 Å². The van der Waals surface area contributed by atoms with E-state index in [4.69, 9.17) is 11.6 Å². The molecule has 1 amide bonds. The number of halogens is 2. The second-order valence-electron chi connectivity index (χ2n) is 4.61. The summed E-state index contributed by atoms with van der Waals surface area (Å²) in [6, 6.07) is 7.64. The van der Waals surface area contributed by atoms with Crippen LogP contribution in [0.3, 0.4) is 0 Å². The van der Waals surface area contributed by atoms with Crippen molar-refractivity contribution in [2.24, 2.45) is 7.05 Å². The highest BCUT2D eigenvalue weighted by Gasteiger charge is 2.15. The molecule has 0 atom stereocenters. The average Bonchev–Trinajstić information content (AvgIpc) is 2.81. The molecule has 0 spiro atoms. The third-order valence-electron chi connectivity index (χ3n) is 3.16. The fourth-order valence-electron chi connectivity index (χ4n) is 2.17. The first-order valence-electron chi connectivity index (χ1n) is 6.22. The Labute approximate surface area is 125 Å². The molecule has 3 rings (SSSR count). The van der Waals surface area contributed by atoms with E-state index in [1.54, 1.807) is 23.0 Å². The van der Waals surface area contributed by atoms with Crippen molar-refractivity contribution in [3.8, 4) is 0 Å². The number of amides is 1. The molecule has 0 saturated heterocycles. The number of fused-ring (bicyclic) bond motifs is 1. The molecular formula is C15H11ClFN3O. The Morgan fingerprint density at radius 3 is 2.95 bits per heavy atom. The van der Waals surface area contributed by atoms with Crippen LogP contribution in [0.25, 0.3) is 11.0 Å². The van der Waals surface area contributed by atoms with Crippen molar-refractivity contribution >= 4 is 34.2 Å². The zero-order valence-electron chi connectivity index (χ0n) is 11.1. The van der Waals surface area contributed by atoms with Gasteiger partial charge in [-0.3, -0.25) is 4.79 Å². The van der Waals surface area contributed by atoms with Gasteiger partial charge in [-0.15, -0.1) is 0 Å². The molecule has 0 aliphatic heterocycles. The largest absolute Gasteiger partial charge is 0.335 e. The Kier molecular flexibility index (Phi) is 3.35. The summed E-state index contributed by atoms with van der Waals surface area (Å²) in [5, 5.41) is 3.42. The molecule has 1 aromatic carbocycles. The summed E-state index contributed by atoms with van der Waals surface area (Å²) in [6.45, 7) is 0. The van der Waals surface area contributed by atoms with E-state index < -0.39 is 5.82 Å². The van der Waals surface area contributed by atoms with Gasteiger partial charge >= 0.3 is 0 Å². The van der Waals surface area contributed by atoms with Crippen LogP contribution in [0.5, 0.6) is 0 Å². The fraction of sp³-hybridized carbons (Fsp3) is 0.0667. The summed E-state index contributed by atoms with van der Waals surface area (Å²) in [6.07, 6.45) is 3.38. The van der Waals surface area contributed by atoms with Crippen LogP contribution in [0.2, 0.25) is 5.02 Å². The molecule has 2 heterocycles. The Balaban J connectivity index is 1.95. The quantitative estimate of drug-likeness (QED) is 0.786. The highest BCUT2D eigenvalue weighted by molar-refractivity contribution is 6.31. The number of nitrogens with one attached hydrogen (secondary N) is 1. The molecule has 106 valence electrons. The van der Waals surface area contributed by atoms with Crippen molar-refractivity contribution in [2.75, 3.05) is 5.32 Å². The number of pyridine rings is 1. The molecule has 0 unspecified atom stereocenters. The van der Waals surface area contributed by atoms with Gasteiger partial charge in [0, 0.05) is 30.5 Å². The van der Waals surface area contributed by atoms with Crippen LogP contribution >= 0.6 is 11.6 Å². The third kappa shape index (κ3) is 2.48. The summed E-state index contributed by atoms with van der Waals surface area (Å²) >= 11 is 5.70. The Morgan fingerprint density at radius 1 is 1.38 bits per heavy atom. The van der Waals surface area contributed by atoms with Gasteiger partial charge < -0.3 is 9.88 Å². The maximum atomic E-state index is 13.1. The summed E-state index contributed by atoms with van der Waals surface area (Å²) in [5.41, 5.74) is 1.66. The van der Waals surface area contributed by atoms with Gasteiger partial charge in [-0.25, -0.2) is 9.37 Å². The molecule has 0 fully saturated rings. The van der Waals surface area contributed by atoms with E-state index in [0.29, 0.717) is 11.3 Å². The number of aryl methyl sites for hydroxylation is 1. The van der Waals surface area contributed by atoms with Crippen molar-refractivity contribution in [3.63, 3.8) is 0 Å². The lowest BCUT2D eigenvalue weighted by atomic mass is 10.2. The van der Waals surface area contributed by atoms with E-state index in [9.17, 15) is 9.18 Å². The maximum Gasteiger partial charge on any atom is 0.257 e. The van der Waals surface area contributed by atoms with E-state index in [2.05, 4.69) is 10.3 Å². The molecule has 0 saturated carbocycles. The van der Waals surface area contributed by atoms with E-state index in [-0.39, 0.29) is 10.9 Å². The number of anilines is 1. The Hall–Kier alpha value is -2.40. The van der Waals surface area contributed by atoms with Crippen LogP contribution < -0.4 is 5.32 Å². The van der Waals surface area contributed by atoms with E-state index in [1.165, 1.54) is 18.2 Å². The van der Waals surface area contributed by atoms with E-state index >= 15 is 0 Å². The Morgan fingerprint density at radius 2 is 2.19 bits per heavy atom. The molecule has 6 heteroatoms. The minimum atomic E-state index is -0.524. The van der Waals surface area contributed by atoms with Crippen LogP contribution in [0.1, 0.15) is 10.4 Å². The first-order valence-corrected chi connectivity index (χ1v) is 6.60. The van der Waals surface area contributed by atoms with Gasteiger partial charge in [-0.05, 0) is 30.3 Å². The lowest BCUT2D eigenvalue weighted by Gasteiger charge is -2.05. The molecule has 0 aliphatic carbocycles. The molecule has 3 aromatic rings. The lowest BCUT2D eigenvalue weighted by Crippen LogP contribution is -2.11. The van der Waals surface area contributed by atoms with Crippen molar-refractivity contribution in [3.05, 3.63) is 59.1 Å². The molecule has 0 bridgehead atoms. The second-order valence-corrected chi connectivity index (χ2v) is 5.02. The fourth-order valence-corrected chi connectivity index (χ4v) is 2.35. The predicted octanol–water partition coefficient (Wildman–Crippen LogP) is 3.62. The number of hydrogen-bond acceptors (Lipinski definition) is 2. The third-order valence-corrected chi connectivity index (χ3v) is 3.45. The van der Waals surface area contributed by atoms with Gasteiger partial charge in [-0.1, -0.05) is 11.6 Å². The van der Waals surface area contributed by atoms with Gasteiger partial charge in [0.05, 0.1) is 10.6 Å².